The standard InChI is InChI=1S/C24H22N4O4S.C17H21BN2O3S.C13H13BrN2O3.C5H4.C3H3.CH4/c29-22(14-1-2-14)27-23-26-19-4-3-15(12-21(19)33-23)16-11-20-18(25-13-16)5-8-28(20)24(30)32-17-6-9-31-10-7-17;1-16(2)17(3,4)23-18(22-16)11-7-8-12-13(9-11)24-15(19-12)20-14(21)10-5-6-10;14-9-7-12-11(15-8-9)1-4-16(12)13(17)19-10-2-5-18-6-3-10;1-3-5-4-2;1-3-2;/h3-5,8,11-14,17H,1-2,6-7,9-10H2,(H,26,27,29);7-10H,5-6H2,1-4H3,(H,19,20,21);1,4,7-8,10H,2-3,5-6H2;1H,2H3;1H,2H2;1H4/q;;;;-1;. The third kappa shape index (κ3) is 16.2. The number of carbonyl (C=O) groups is 4. The Kier molecular flexibility index (Phi) is 21.3. The number of hydrogen-bond donors (Lipinski definition) is 2. The molecule has 3 saturated heterocycles. The SMILES string of the molecule is C.C#CC#CC.C#C[CH2-].CC1(C)OB(c2ccc3nc(NC(=O)C4CC4)sc3c2)OC1(C)C.O=C(Nc1nc2ccc(-c3cnc4ccn(C(=O)OC5CCOCC5)c4c3)cc2s1)C1CC1.O=C(OC1CCOCC1)n1ccc2ncc(Br)cc21. The van der Waals surface area contributed by atoms with Crippen LogP contribution in [0.2, 0.25) is 0 Å². The number of anilines is 2. The highest BCUT2D eigenvalue weighted by Crippen LogP contribution is 2.38. The van der Waals surface area contributed by atoms with Crippen LogP contribution in [0.5, 0.6) is 0 Å². The molecule has 9 heterocycles. The second-order valence-electron chi connectivity index (χ2n) is 21.2. The summed E-state index contributed by atoms with van der Waals surface area (Å²) in [6, 6.07) is 19.4. The Labute approximate surface area is 511 Å². The van der Waals surface area contributed by atoms with Gasteiger partial charge in [0.2, 0.25) is 11.8 Å². The third-order valence-electron chi connectivity index (χ3n) is 14.5. The van der Waals surface area contributed by atoms with Crippen molar-refractivity contribution in [3.05, 3.63) is 96.8 Å². The maximum absolute atomic E-state index is 12.8. The van der Waals surface area contributed by atoms with Gasteiger partial charge >= 0.3 is 19.3 Å². The number of benzene rings is 2. The molecule has 0 bridgehead atoms. The predicted octanol–water partition coefficient (Wildman–Crippen LogP) is 12.5. The van der Waals surface area contributed by atoms with E-state index in [9.17, 15) is 19.2 Å². The fourth-order valence-corrected chi connectivity index (χ4v) is 11.1. The first-order valence-electron chi connectivity index (χ1n) is 27.5. The van der Waals surface area contributed by atoms with Crippen LogP contribution in [0.25, 0.3) is 53.6 Å². The van der Waals surface area contributed by atoms with E-state index >= 15 is 0 Å². The summed E-state index contributed by atoms with van der Waals surface area (Å²) in [5.41, 5.74) is 6.78. The zero-order chi connectivity index (χ0) is 59.5. The zero-order valence-corrected chi connectivity index (χ0v) is 50.5. The van der Waals surface area contributed by atoms with E-state index in [4.69, 9.17) is 34.7 Å². The lowest BCUT2D eigenvalue weighted by Crippen LogP contribution is -2.41. The highest BCUT2D eigenvalue weighted by molar-refractivity contribution is 9.10. The van der Waals surface area contributed by atoms with Crippen LogP contribution in [0.1, 0.15) is 93.4 Å². The van der Waals surface area contributed by atoms with E-state index in [1.807, 2.05) is 88.2 Å². The fraction of sp³-hybridized carbons (Fsp3) is 0.381. The summed E-state index contributed by atoms with van der Waals surface area (Å²) in [7, 11) is -0.383. The van der Waals surface area contributed by atoms with Gasteiger partial charge in [0, 0.05) is 72.3 Å². The quantitative estimate of drug-likeness (QED) is 0.0824. The molecule has 442 valence electrons. The van der Waals surface area contributed by atoms with E-state index in [0.717, 1.165) is 96.6 Å². The second kappa shape index (κ2) is 28.5. The number of halogens is 1. The minimum absolute atomic E-state index is 0. The van der Waals surface area contributed by atoms with Crippen LogP contribution < -0.4 is 16.1 Å². The lowest BCUT2D eigenvalue weighted by atomic mass is 9.79. The number of fused-ring (bicyclic) bond motifs is 4. The molecule has 85 heavy (non-hydrogen) atoms. The van der Waals surface area contributed by atoms with Crippen LogP contribution in [-0.4, -0.2) is 110 Å². The van der Waals surface area contributed by atoms with Gasteiger partial charge in [0.25, 0.3) is 0 Å². The van der Waals surface area contributed by atoms with Gasteiger partial charge in [-0.15, -0.1) is 6.42 Å². The average molecular weight is 1250 g/mol. The lowest BCUT2D eigenvalue weighted by molar-refractivity contribution is -0.118. The summed E-state index contributed by atoms with van der Waals surface area (Å²) in [6.07, 6.45) is 22.0. The van der Waals surface area contributed by atoms with Gasteiger partial charge in [-0.2, -0.15) is 6.92 Å². The van der Waals surface area contributed by atoms with Crippen molar-refractivity contribution < 1.29 is 47.4 Å². The molecular weight excluding hydrogens is 1180 g/mol. The van der Waals surface area contributed by atoms with Crippen molar-refractivity contribution in [1.82, 2.24) is 29.1 Å². The molecule has 2 aliphatic carbocycles. The summed E-state index contributed by atoms with van der Waals surface area (Å²) < 4.78 is 39.8. The second-order valence-corrected chi connectivity index (χ2v) is 24.2. The number of rotatable bonds is 8. The summed E-state index contributed by atoms with van der Waals surface area (Å²) >= 11 is 6.30. The first-order valence-corrected chi connectivity index (χ1v) is 29.9. The minimum Gasteiger partial charge on any atom is -0.445 e. The van der Waals surface area contributed by atoms with Gasteiger partial charge in [-0.3, -0.25) is 28.7 Å². The number of amides is 2. The van der Waals surface area contributed by atoms with E-state index in [2.05, 4.69) is 77.6 Å². The van der Waals surface area contributed by atoms with Crippen LogP contribution in [0, 0.1) is 55.3 Å². The molecule has 5 aliphatic rings. The monoisotopic (exact) mass is 1250 g/mol. The number of nitrogens with zero attached hydrogens (tertiary/aromatic N) is 6. The van der Waals surface area contributed by atoms with Gasteiger partial charge in [-0.05, 0) is 148 Å². The van der Waals surface area contributed by atoms with Crippen molar-refractivity contribution in [3.63, 3.8) is 0 Å². The molecule has 2 amide bonds. The Morgan fingerprint density at radius 2 is 1.14 bits per heavy atom. The molecule has 0 atom stereocenters. The summed E-state index contributed by atoms with van der Waals surface area (Å²) in [5.74, 6) is 9.53. The maximum Gasteiger partial charge on any atom is 0.494 e. The molecule has 13 rings (SSSR count). The number of aromatic nitrogens is 6. The topological polar surface area (TPSA) is 209 Å². The Balaban J connectivity index is 0.000000160. The van der Waals surface area contributed by atoms with Crippen LogP contribution >= 0.6 is 38.6 Å². The van der Waals surface area contributed by atoms with Crippen molar-refractivity contribution in [2.75, 3.05) is 37.1 Å². The molecule has 0 spiro atoms. The number of thiazole rings is 2. The Hall–Kier alpha value is -7.59. The smallest absolute Gasteiger partial charge is 0.445 e. The van der Waals surface area contributed by atoms with Crippen molar-refractivity contribution in [1.29, 1.82) is 0 Å². The number of pyridine rings is 2. The van der Waals surface area contributed by atoms with Crippen LogP contribution in [0.4, 0.5) is 19.9 Å². The molecule has 2 saturated carbocycles. The summed E-state index contributed by atoms with van der Waals surface area (Å²) in [6.45, 7) is 15.4. The molecule has 8 aromatic rings. The summed E-state index contributed by atoms with van der Waals surface area (Å²) in [4.78, 5) is 66.7. The first-order chi connectivity index (χ1) is 40.5. The Bertz CT molecular complexity index is 3830. The van der Waals surface area contributed by atoms with E-state index in [1.54, 1.807) is 37.8 Å². The number of nitrogens with one attached hydrogen (secondary N) is 2. The van der Waals surface area contributed by atoms with Crippen LogP contribution in [0.15, 0.2) is 89.9 Å². The molecular formula is C63H67BBrN8O10S2-. The van der Waals surface area contributed by atoms with Gasteiger partial charge in [-0.25, -0.2) is 19.6 Å². The number of ether oxygens (including phenoxy) is 4. The molecule has 22 heteroatoms. The highest BCUT2D eigenvalue weighted by Gasteiger charge is 2.51. The molecule has 18 nitrogen and oxygen atoms in total. The van der Waals surface area contributed by atoms with Crippen molar-refractivity contribution >= 4 is 128 Å². The molecule has 2 aromatic carbocycles. The van der Waals surface area contributed by atoms with Gasteiger partial charge in [0.15, 0.2) is 10.3 Å². The molecule has 5 fully saturated rings. The Morgan fingerprint density at radius 1 is 0.671 bits per heavy atom. The maximum atomic E-state index is 12.8. The molecule has 0 unspecified atom stereocenters. The number of carbonyl (C=O) groups excluding carboxylic acids is 4. The van der Waals surface area contributed by atoms with E-state index in [0.29, 0.717) is 55.0 Å². The van der Waals surface area contributed by atoms with E-state index in [-0.39, 0.29) is 67.7 Å². The average Bonchev–Trinajstić information content (AvgIpc) is 2.26. The van der Waals surface area contributed by atoms with Crippen molar-refractivity contribution in [3.8, 4) is 47.7 Å². The first kappa shape index (κ1) is 63.4. The van der Waals surface area contributed by atoms with Crippen LogP contribution in [-0.2, 0) is 37.8 Å². The van der Waals surface area contributed by atoms with E-state index < -0.39 is 6.09 Å². The Morgan fingerprint density at radius 3 is 1.61 bits per heavy atom. The third-order valence-corrected chi connectivity index (χ3v) is 16.8. The minimum atomic E-state index is -0.398. The number of hydrogen-bond acceptors (Lipinski definition) is 16. The number of terminal acetylenes is 2. The van der Waals surface area contributed by atoms with Gasteiger partial charge in [0.05, 0.1) is 80.1 Å². The molecule has 3 aliphatic heterocycles. The fourth-order valence-electron chi connectivity index (χ4n) is 8.92. The zero-order valence-electron chi connectivity index (χ0n) is 47.3. The van der Waals surface area contributed by atoms with Gasteiger partial charge in [-0.1, -0.05) is 48.2 Å². The normalized spacial score (nSPS) is 16.8. The van der Waals surface area contributed by atoms with Crippen molar-refractivity contribution in [2.45, 2.75) is 117 Å². The molecule has 0 radical (unpaired) electrons. The largest absolute Gasteiger partial charge is 0.494 e. The predicted molar refractivity (Wildman–Crippen MR) is 338 cm³/mol. The molecule has 6 aromatic heterocycles. The lowest BCUT2D eigenvalue weighted by Gasteiger charge is -2.32. The highest BCUT2D eigenvalue weighted by atomic mass is 79.9. The molecule has 2 N–H and O–H groups in total. The summed E-state index contributed by atoms with van der Waals surface area (Å²) in [5, 5.41) is 7.12. The van der Waals surface area contributed by atoms with E-state index in [1.165, 1.54) is 31.8 Å². The van der Waals surface area contributed by atoms with Crippen molar-refractivity contribution in [2.24, 2.45) is 11.8 Å². The van der Waals surface area contributed by atoms with Gasteiger partial charge in [0.1, 0.15) is 12.2 Å². The van der Waals surface area contributed by atoms with Gasteiger partial charge < -0.3 is 51.2 Å². The van der Waals surface area contributed by atoms with Crippen LogP contribution in [0.3, 0.4) is 0 Å².